The number of alkyl halides is 30. The van der Waals surface area contributed by atoms with E-state index in [1.54, 1.807) is 0 Å². The minimum atomic E-state index is -7.43. The Morgan fingerprint density at radius 2 is 0.412 bits per heavy atom. The fourth-order valence-corrected chi connectivity index (χ4v) is 9.62. The van der Waals surface area contributed by atoms with Crippen molar-refractivity contribution in [3.05, 3.63) is 215 Å². The summed E-state index contributed by atoms with van der Waals surface area (Å²) in [5.74, 6) is -51.0. The second kappa shape index (κ2) is 26.7. The van der Waals surface area contributed by atoms with Crippen LogP contribution in [0.1, 0.15) is 33.4 Å². The van der Waals surface area contributed by atoms with Gasteiger partial charge in [0.05, 0.1) is 11.1 Å². The molecule has 8 N–H and O–H groups in total. The Morgan fingerprint density at radius 3 is 0.608 bits per heavy atom. The number of hydrogen-bond donors (Lipinski definition) is 4. The molecule has 8 aromatic carbocycles. The monoisotopic (exact) mass is 1510 g/mol. The normalized spacial score (nSPS) is 13.6. The molecule has 0 atom stereocenters. The number of halogens is 32. The highest BCUT2D eigenvalue weighted by molar-refractivity contribution is 5.56. The third kappa shape index (κ3) is 14.2. The van der Waals surface area contributed by atoms with Crippen LogP contribution in [-0.4, -0.2) is 60.7 Å². The topological polar surface area (TPSA) is 141 Å². The van der Waals surface area contributed by atoms with Crippen LogP contribution in [0.25, 0.3) is 0 Å². The molecule has 40 heteroatoms. The molecule has 102 heavy (non-hydrogen) atoms. The van der Waals surface area contributed by atoms with Gasteiger partial charge < -0.3 is 41.9 Å². The second-order valence-corrected chi connectivity index (χ2v) is 21.3. The second-order valence-electron chi connectivity index (χ2n) is 21.3. The Kier molecular flexibility index (Phi) is 20.7. The minimum Gasteiger partial charge on any atom is -0.457 e. The SMILES string of the molecule is Nc1ccc(Oc2ccc(C(c3ccc(Oc4ccc(N)cc4C(F)(F)C(F)(F)C(F)(F)C(F)(F)F)cc3)(C(F)(F)F)C(F)(F)F)cc2)c(C(F)(F)C(F)(F)C(F)(F)C(F)(F)F)c1.Nc1ccc(Oc2ccc(C(c3ccc(Oc4ccc(N)cc4F)cc3)(C(F)(F)F)C(F)(F)F)cc2)c(F)c1. The van der Waals surface area contributed by atoms with Gasteiger partial charge in [0.2, 0.25) is 10.8 Å². The molecule has 8 nitrogen and oxygen atoms in total. The van der Waals surface area contributed by atoms with Crippen LogP contribution in [0.2, 0.25) is 0 Å². The summed E-state index contributed by atoms with van der Waals surface area (Å²) in [5.41, 5.74) is -1.10. The maximum Gasteiger partial charge on any atom is 0.460 e. The zero-order valence-corrected chi connectivity index (χ0v) is 49.2. The number of benzene rings is 8. The molecule has 0 radical (unpaired) electrons. The third-order valence-corrected chi connectivity index (χ3v) is 14.6. The van der Waals surface area contributed by atoms with E-state index < -0.39 is 163 Å². The number of ether oxygens (including phenoxy) is 4. The first-order chi connectivity index (χ1) is 46.4. The summed E-state index contributed by atoms with van der Waals surface area (Å²) in [6, 6.07) is 13.8. The highest BCUT2D eigenvalue weighted by atomic mass is 19.5. The molecule has 552 valence electrons. The van der Waals surface area contributed by atoms with Crippen molar-refractivity contribution in [2.75, 3.05) is 22.9 Å². The number of anilines is 4. The molecule has 0 bridgehead atoms. The van der Waals surface area contributed by atoms with Crippen molar-refractivity contribution in [3.8, 4) is 46.0 Å². The van der Waals surface area contributed by atoms with Gasteiger partial charge in [0.25, 0.3) is 0 Å². The van der Waals surface area contributed by atoms with E-state index in [1.165, 1.54) is 12.1 Å². The molecule has 0 aliphatic carbocycles. The van der Waals surface area contributed by atoms with Gasteiger partial charge in [-0.05, 0) is 131 Å². The fourth-order valence-electron chi connectivity index (χ4n) is 9.62. The largest absolute Gasteiger partial charge is 0.460 e. The molecule has 0 saturated carbocycles. The lowest BCUT2D eigenvalue weighted by Gasteiger charge is -2.38. The lowest BCUT2D eigenvalue weighted by Crippen LogP contribution is -2.59. The fraction of sp³-hybridized carbons (Fsp3) is 0.226. The predicted molar refractivity (Wildman–Crippen MR) is 295 cm³/mol. The molecule has 8 rings (SSSR count). The molecule has 0 saturated heterocycles. The Morgan fingerprint density at radius 1 is 0.216 bits per heavy atom. The van der Waals surface area contributed by atoms with Crippen LogP contribution < -0.4 is 41.9 Å². The van der Waals surface area contributed by atoms with E-state index in [0.717, 1.165) is 48.5 Å². The van der Waals surface area contributed by atoms with Crippen LogP contribution in [0.5, 0.6) is 46.0 Å². The molecule has 0 aromatic heterocycles. The summed E-state index contributed by atoms with van der Waals surface area (Å²) in [4.78, 5) is 0. The van der Waals surface area contributed by atoms with Crippen molar-refractivity contribution in [2.45, 2.75) is 83.4 Å². The summed E-state index contributed by atoms with van der Waals surface area (Å²) in [6.07, 6.45) is -39.2. The average Bonchev–Trinajstić information content (AvgIpc) is 0.741. The smallest absolute Gasteiger partial charge is 0.457 e. The highest BCUT2D eigenvalue weighted by Gasteiger charge is 2.84. The molecule has 0 aliphatic rings. The van der Waals surface area contributed by atoms with Gasteiger partial charge in [-0.1, -0.05) is 48.5 Å². The Balaban J connectivity index is 0.000000318. The maximum atomic E-state index is 14.9. The molecule has 0 heterocycles. The summed E-state index contributed by atoms with van der Waals surface area (Å²) in [7, 11) is 0. The van der Waals surface area contributed by atoms with Gasteiger partial charge in [-0.2, -0.15) is 132 Å². The number of rotatable bonds is 18. The van der Waals surface area contributed by atoms with Crippen LogP contribution in [0.4, 0.5) is 163 Å². The molecule has 8 aromatic rings. The quantitative estimate of drug-likeness (QED) is 0.0492. The summed E-state index contributed by atoms with van der Waals surface area (Å²) in [6.45, 7) is 0. The molecule has 0 amide bonds. The average molecular weight is 1510 g/mol. The zero-order chi connectivity index (χ0) is 77.2. The van der Waals surface area contributed by atoms with E-state index in [0.29, 0.717) is 36.4 Å². The van der Waals surface area contributed by atoms with Crippen molar-refractivity contribution in [1.82, 2.24) is 0 Å². The van der Waals surface area contributed by atoms with Gasteiger partial charge in [0.15, 0.2) is 23.1 Å². The first kappa shape index (κ1) is 79.2. The zero-order valence-electron chi connectivity index (χ0n) is 49.2. The van der Waals surface area contributed by atoms with Crippen LogP contribution in [0.15, 0.2) is 170 Å². The molecular weight excluding hydrogens is 1470 g/mol. The van der Waals surface area contributed by atoms with Crippen molar-refractivity contribution in [1.29, 1.82) is 0 Å². The van der Waals surface area contributed by atoms with Crippen LogP contribution in [0.3, 0.4) is 0 Å². The van der Waals surface area contributed by atoms with Crippen LogP contribution in [0, 0.1) is 11.6 Å². The van der Waals surface area contributed by atoms with Gasteiger partial charge in [-0.3, -0.25) is 0 Å². The molecule has 0 fully saturated rings. The van der Waals surface area contributed by atoms with E-state index in [-0.39, 0.29) is 107 Å². The van der Waals surface area contributed by atoms with Gasteiger partial charge in [0, 0.05) is 34.9 Å². The van der Waals surface area contributed by atoms with Crippen LogP contribution in [-0.2, 0) is 22.7 Å². The Labute approximate surface area is 548 Å². The maximum absolute atomic E-state index is 14.9. The first-order valence-electron chi connectivity index (χ1n) is 27.1. The van der Waals surface area contributed by atoms with E-state index in [4.69, 9.17) is 41.9 Å². The molecule has 0 aliphatic heterocycles. The lowest BCUT2D eigenvalue weighted by atomic mass is 9.73. The van der Waals surface area contributed by atoms with Crippen LogP contribution >= 0.6 is 0 Å². The summed E-state index contributed by atoms with van der Waals surface area (Å²) >= 11 is 0. The molecular formula is C62H36F32N4O4. The van der Waals surface area contributed by atoms with Crippen molar-refractivity contribution < 1.29 is 159 Å². The van der Waals surface area contributed by atoms with Crippen molar-refractivity contribution in [3.63, 3.8) is 0 Å². The Bertz CT molecular complexity index is 4010. The van der Waals surface area contributed by atoms with Gasteiger partial charge in [-0.25, -0.2) is 8.78 Å². The van der Waals surface area contributed by atoms with Crippen molar-refractivity contribution >= 4 is 22.7 Å². The van der Waals surface area contributed by atoms with E-state index in [9.17, 15) is 140 Å². The van der Waals surface area contributed by atoms with Gasteiger partial charge in [0.1, 0.15) is 34.5 Å². The first-order valence-corrected chi connectivity index (χ1v) is 27.1. The van der Waals surface area contributed by atoms with Gasteiger partial charge in [-0.15, -0.1) is 0 Å². The summed E-state index contributed by atoms with van der Waals surface area (Å²) in [5, 5.41) is 0. The molecule has 0 spiro atoms. The predicted octanol–water partition coefficient (Wildman–Crippen LogP) is 21.8. The number of nitrogen functional groups attached to an aromatic ring is 4. The van der Waals surface area contributed by atoms with Crippen molar-refractivity contribution in [2.24, 2.45) is 0 Å². The standard InChI is InChI=1S/C35H18F24N2O2.C27H18F8N2O2/c36-26(37,28(40,41)30(44,45)34(54,55)56)21-13-17(60)5-11-23(21)62-19-7-1-15(2-8-19)25(32(48,49)50,33(51,52)53)16-3-9-20(10-4-16)63-24-12-6-18(61)14-22(24)27(38,39)29(42,43)31(46,47)35(57,58)59;28-21-13-17(36)5-11-23(21)38-19-7-1-15(2-8-19)25(26(30,31)32,27(33,34)35)16-3-9-20(10-4-16)39-24-12-6-18(37)14-22(24)29/h1-14H,60-61H2;1-14H,36-37H2. The van der Waals surface area contributed by atoms with E-state index in [2.05, 4.69) is 0 Å². The van der Waals surface area contributed by atoms with Gasteiger partial charge >= 0.3 is 72.6 Å². The number of hydrogen-bond acceptors (Lipinski definition) is 8. The Hall–Kier alpha value is -10.1. The molecule has 0 unspecified atom stereocenters. The lowest BCUT2D eigenvalue weighted by molar-refractivity contribution is -0.399. The summed E-state index contributed by atoms with van der Waals surface area (Å²) < 4.78 is 470. The van der Waals surface area contributed by atoms with E-state index >= 15 is 0 Å². The number of nitrogens with two attached hydrogens (primary N) is 4. The van der Waals surface area contributed by atoms with E-state index in [1.807, 2.05) is 0 Å². The highest BCUT2D eigenvalue weighted by Crippen LogP contribution is 2.62. The minimum absolute atomic E-state index is 0.0676. The third-order valence-electron chi connectivity index (χ3n) is 14.6.